The predicted molar refractivity (Wildman–Crippen MR) is 80.6 cm³/mol. The Morgan fingerprint density at radius 2 is 2.19 bits per heavy atom. The van der Waals surface area contributed by atoms with E-state index in [-0.39, 0.29) is 17.7 Å². The third-order valence-electron chi connectivity index (χ3n) is 3.97. The summed E-state index contributed by atoms with van der Waals surface area (Å²) in [6.45, 7) is 5.04. The molecular weight excluding hydrogens is 271 g/mol. The van der Waals surface area contributed by atoms with Crippen LogP contribution < -0.4 is 10.6 Å². The molecule has 0 radical (unpaired) electrons. The molecule has 2 N–H and O–H groups in total. The first-order chi connectivity index (χ1) is 10.0. The van der Waals surface area contributed by atoms with Crippen molar-refractivity contribution < 1.29 is 13.9 Å². The number of nitrogens with two attached hydrogens (primary N) is 1. The fraction of sp³-hybridized carbons (Fsp3) is 0.562. The number of esters is 1. The minimum atomic E-state index is -1.02. The number of anilines is 1. The van der Waals surface area contributed by atoms with E-state index in [1.807, 2.05) is 17.9 Å². The van der Waals surface area contributed by atoms with E-state index in [0.29, 0.717) is 19.7 Å². The van der Waals surface area contributed by atoms with Crippen LogP contribution in [-0.4, -0.2) is 31.2 Å². The van der Waals surface area contributed by atoms with Crippen molar-refractivity contribution in [1.29, 1.82) is 0 Å². The van der Waals surface area contributed by atoms with Gasteiger partial charge in [0.1, 0.15) is 11.4 Å². The van der Waals surface area contributed by atoms with Crippen molar-refractivity contribution >= 4 is 11.7 Å². The van der Waals surface area contributed by atoms with Crippen molar-refractivity contribution in [2.24, 2.45) is 11.7 Å². The molecule has 4 nitrogen and oxygen atoms in total. The molecule has 0 saturated heterocycles. The minimum absolute atomic E-state index is 0.152. The first kappa shape index (κ1) is 15.8. The Bertz CT molecular complexity index is 505. The summed E-state index contributed by atoms with van der Waals surface area (Å²) < 4.78 is 18.5. The van der Waals surface area contributed by atoms with Gasteiger partial charge in [-0.25, -0.2) is 9.18 Å². The monoisotopic (exact) mass is 294 g/mol. The number of hydrogen-bond acceptors (Lipinski definition) is 4. The van der Waals surface area contributed by atoms with E-state index in [0.717, 1.165) is 18.5 Å². The second-order valence-corrected chi connectivity index (χ2v) is 5.53. The van der Waals surface area contributed by atoms with Gasteiger partial charge in [0.25, 0.3) is 0 Å². The van der Waals surface area contributed by atoms with Crippen LogP contribution in [0.4, 0.5) is 10.1 Å². The molecule has 1 aromatic rings. The Hall–Kier alpha value is -1.62. The van der Waals surface area contributed by atoms with Gasteiger partial charge in [0.15, 0.2) is 0 Å². The molecule has 1 fully saturated rings. The van der Waals surface area contributed by atoms with Gasteiger partial charge in [-0.15, -0.1) is 0 Å². The average molecular weight is 294 g/mol. The largest absolute Gasteiger partial charge is 0.465 e. The highest BCUT2D eigenvalue weighted by molar-refractivity contribution is 5.82. The van der Waals surface area contributed by atoms with Gasteiger partial charge in [0.05, 0.1) is 6.61 Å². The molecule has 0 heterocycles. The number of carbonyl (C=O) groups excluding carboxylic acids is 1. The summed E-state index contributed by atoms with van der Waals surface area (Å²) in [7, 11) is 0. The standard InChI is InChI=1S/C16H23FN2O2/c1-3-19(14-7-5-6-13(17)10-14)11-16(18,12-8-9-12)15(20)21-4-2/h5-7,10,12H,3-4,8-9,11,18H2,1-2H3. The van der Waals surface area contributed by atoms with E-state index >= 15 is 0 Å². The number of ether oxygens (including phenoxy) is 1. The Balaban J connectivity index is 2.20. The molecule has 0 aliphatic heterocycles. The van der Waals surface area contributed by atoms with Gasteiger partial charge in [0, 0.05) is 18.8 Å². The maximum Gasteiger partial charge on any atom is 0.328 e. The van der Waals surface area contributed by atoms with Gasteiger partial charge in [-0.2, -0.15) is 0 Å². The van der Waals surface area contributed by atoms with Gasteiger partial charge in [-0.1, -0.05) is 6.07 Å². The lowest BCUT2D eigenvalue weighted by Gasteiger charge is -2.34. The molecule has 21 heavy (non-hydrogen) atoms. The van der Waals surface area contributed by atoms with Crippen molar-refractivity contribution in [1.82, 2.24) is 0 Å². The summed E-state index contributed by atoms with van der Waals surface area (Å²) in [5.41, 5.74) is 6.09. The average Bonchev–Trinajstić information content (AvgIpc) is 3.29. The van der Waals surface area contributed by atoms with Crippen LogP contribution in [0.5, 0.6) is 0 Å². The fourth-order valence-corrected chi connectivity index (χ4v) is 2.60. The molecule has 1 aliphatic carbocycles. The summed E-state index contributed by atoms with van der Waals surface area (Å²) in [5.74, 6) is -0.502. The lowest BCUT2D eigenvalue weighted by Crippen LogP contribution is -2.58. The molecule has 5 heteroatoms. The first-order valence-corrected chi connectivity index (χ1v) is 7.47. The molecule has 0 spiro atoms. The van der Waals surface area contributed by atoms with Crippen molar-refractivity contribution in [2.45, 2.75) is 32.2 Å². The maximum absolute atomic E-state index is 13.4. The van der Waals surface area contributed by atoms with E-state index in [1.54, 1.807) is 13.0 Å². The lowest BCUT2D eigenvalue weighted by atomic mass is 9.93. The molecule has 0 amide bonds. The normalized spacial score (nSPS) is 17.1. The summed E-state index contributed by atoms with van der Waals surface area (Å²) in [6, 6.07) is 6.35. The van der Waals surface area contributed by atoms with E-state index < -0.39 is 5.54 Å². The summed E-state index contributed by atoms with van der Waals surface area (Å²) >= 11 is 0. The predicted octanol–water partition coefficient (Wildman–Crippen LogP) is 2.32. The zero-order valence-corrected chi connectivity index (χ0v) is 12.6. The van der Waals surface area contributed by atoms with Crippen LogP contribution in [0.15, 0.2) is 24.3 Å². The second-order valence-electron chi connectivity index (χ2n) is 5.53. The van der Waals surface area contributed by atoms with Crippen LogP contribution in [0.3, 0.4) is 0 Å². The van der Waals surface area contributed by atoms with Crippen molar-refractivity contribution in [2.75, 3.05) is 24.6 Å². The van der Waals surface area contributed by atoms with Crippen LogP contribution in [0.1, 0.15) is 26.7 Å². The fourth-order valence-electron chi connectivity index (χ4n) is 2.60. The number of halogens is 1. The molecule has 1 aliphatic rings. The molecule has 0 bridgehead atoms. The quantitative estimate of drug-likeness (QED) is 0.784. The smallest absolute Gasteiger partial charge is 0.328 e. The summed E-state index contributed by atoms with van der Waals surface area (Å²) in [5, 5.41) is 0. The number of likely N-dealkylation sites (N-methyl/N-ethyl adjacent to an activating group) is 1. The Kier molecular flexibility index (Phi) is 4.83. The van der Waals surface area contributed by atoms with Crippen LogP contribution in [0, 0.1) is 11.7 Å². The van der Waals surface area contributed by atoms with Crippen molar-refractivity contribution in [3.05, 3.63) is 30.1 Å². The highest BCUT2D eigenvalue weighted by Crippen LogP contribution is 2.40. The zero-order valence-electron chi connectivity index (χ0n) is 12.6. The van der Waals surface area contributed by atoms with Crippen LogP contribution in [-0.2, 0) is 9.53 Å². The zero-order chi connectivity index (χ0) is 15.5. The molecule has 1 saturated carbocycles. The van der Waals surface area contributed by atoms with Gasteiger partial charge in [0.2, 0.25) is 0 Å². The third kappa shape index (κ3) is 3.53. The topological polar surface area (TPSA) is 55.6 Å². The highest BCUT2D eigenvalue weighted by atomic mass is 19.1. The van der Waals surface area contributed by atoms with Crippen LogP contribution in [0.2, 0.25) is 0 Å². The van der Waals surface area contributed by atoms with E-state index in [4.69, 9.17) is 10.5 Å². The van der Waals surface area contributed by atoms with Gasteiger partial charge >= 0.3 is 5.97 Å². The molecule has 1 unspecified atom stereocenters. The number of benzene rings is 1. The Morgan fingerprint density at radius 1 is 1.48 bits per heavy atom. The van der Waals surface area contributed by atoms with Crippen LogP contribution in [0.25, 0.3) is 0 Å². The molecule has 116 valence electrons. The Labute approximate surface area is 125 Å². The summed E-state index contributed by atoms with van der Waals surface area (Å²) in [6.07, 6.45) is 1.88. The third-order valence-corrected chi connectivity index (χ3v) is 3.97. The van der Waals surface area contributed by atoms with Gasteiger partial charge in [-0.05, 0) is 50.8 Å². The number of carbonyl (C=O) groups is 1. The van der Waals surface area contributed by atoms with E-state index in [2.05, 4.69) is 0 Å². The second kappa shape index (κ2) is 6.43. The summed E-state index contributed by atoms with van der Waals surface area (Å²) in [4.78, 5) is 14.2. The first-order valence-electron chi connectivity index (χ1n) is 7.47. The van der Waals surface area contributed by atoms with Crippen molar-refractivity contribution in [3.8, 4) is 0 Å². The maximum atomic E-state index is 13.4. The molecular formula is C16H23FN2O2. The van der Waals surface area contributed by atoms with Gasteiger partial charge in [-0.3, -0.25) is 0 Å². The number of rotatable bonds is 7. The lowest BCUT2D eigenvalue weighted by molar-refractivity contribution is -0.150. The number of nitrogens with zero attached hydrogens (tertiary/aromatic N) is 1. The molecule has 1 atom stereocenters. The van der Waals surface area contributed by atoms with Gasteiger partial charge < -0.3 is 15.4 Å². The minimum Gasteiger partial charge on any atom is -0.465 e. The van der Waals surface area contributed by atoms with E-state index in [1.165, 1.54) is 12.1 Å². The number of hydrogen-bond donors (Lipinski definition) is 1. The van der Waals surface area contributed by atoms with Crippen LogP contribution >= 0.6 is 0 Å². The SMILES string of the molecule is CCOC(=O)C(N)(CN(CC)c1cccc(F)c1)C1CC1. The van der Waals surface area contributed by atoms with Crippen molar-refractivity contribution in [3.63, 3.8) is 0 Å². The van der Waals surface area contributed by atoms with E-state index in [9.17, 15) is 9.18 Å². The molecule has 1 aromatic carbocycles. The Morgan fingerprint density at radius 3 is 2.71 bits per heavy atom. The molecule has 2 rings (SSSR count). The molecule has 0 aromatic heterocycles. The highest BCUT2D eigenvalue weighted by Gasteiger charge is 2.50.